The summed E-state index contributed by atoms with van der Waals surface area (Å²) in [6.07, 6.45) is 4.00. The van der Waals surface area contributed by atoms with Crippen LogP contribution in [0.15, 0.2) is 48.7 Å². The summed E-state index contributed by atoms with van der Waals surface area (Å²) >= 11 is 0. The Hall–Kier alpha value is -2.94. The van der Waals surface area contributed by atoms with Crippen molar-refractivity contribution in [2.45, 2.75) is 33.6 Å². The van der Waals surface area contributed by atoms with E-state index in [2.05, 4.69) is 79.3 Å². The Bertz CT molecular complexity index is 1360. The molecule has 134 valence electrons. The lowest BCUT2D eigenvalue weighted by Gasteiger charge is -2.12. The van der Waals surface area contributed by atoms with Crippen LogP contribution >= 0.6 is 0 Å². The molecule has 5 rings (SSSR count). The van der Waals surface area contributed by atoms with Crippen LogP contribution < -0.4 is 4.57 Å². The van der Waals surface area contributed by atoms with Gasteiger partial charge in [-0.05, 0) is 55.2 Å². The van der Waals surface area contributed by atoms with Crippen molar-refractivity contribution in [3.63, 3.8) is 0 Å². The van der Waals surface area contributed by atoms with E-state index in [9.17, 15) is 0 Å². The van der Waals surface area contributed by atoms with E-state index in [-0.39, 0.29) is 0 Å². The Morgan fingerprint density at radius 2 is 1.81 bits per heavy atom. The maximum Gasteiger partial charge on any atom is 0.297 e. The standard InChI is InChI=1S/C24H24N3/c1-5-16-11-12-18-22-21(15(3)13-14-25-22)24-26(4)19-9-7-8-10-20(19)27(24)23(18)17(16)6-2/h7-14H,5-6H2,1-4H3/q+1. The van der Waals surface area contributed by atoms with E-state index in [0.29, 0.717) is 0 Å². The molecule has 5 aromatic rings. The summed E-state index contributed by atoms with van der Waals surface area (Å²) < 4.78 is 4.80. The molecule has 0 radical (unpaired) electrons. The molecule has 27 heavy (non-hydrogen) atoms. The molecular formula is C24H24N3+. The van der Waals surface area contributed by atoms with Gasteiger partial charge in [0, 0.05) is 17.1 Å². The predicted octanol–water partition coefficient (Wildman–Crippen LogP) is 5.05. The second-order valence-corrected chi connectivity index (χ2v) is 7.36. The smallest absolute Gasteiger partial charge is 0.255 e. The van der Waals surface area contributed by atoms with Crippen molar-refractivity contribution in [1.82, 2.24) is 9.38 Å². The van der Waals surface area contributed by atoms with E-state index in [0.717, 1.165) is 18.4 Å². The zero-order chi connectivity index (χ0) is 18.7. The van der Waals surface area contributed by atoms with Gasteiger partial charge in [0.05, 0.1) is 18.0 Å². The van der Waals surface area contributed by atoms with E-state index >= 15 is 0 Å². The summed E-state index contributed by atoms with van der Waals surface area (Å²) in [6.45, 7) is 6.70. The first-order valence-corrected chi connectivity index (χ1v) is 9.78. The van der Waals surface area contributed by atoms with Crippen molar-refractivity contribution in [3.8, 4) is 0 Å². The molecule has 0 amide bonds. The number of rotatable bonds is 2. The second kappa shape index (κ2) is 5.78. The highest BCUT2D eigenvalue weighted by Gasteiger charge is 2.26. The van der Waals surface area contributed by atoms with E-state index in [1.807, 2.05) is 6.20 Å². The number of aromatic nitrogens is 3. The van der Waals surface area contributed by atoms with Gasteiger partial charge in [0.15, 0.2) is 11.0 Å². The summed E-state index contributed by atoms with van der Waals surface area (Å²) in [5, 5.41) is 2.49. The number of hydrogen-bond donors (Lipinski definition) is 0. The van der Waals surface area contributed by atoms with Gasteiger partial charge in [-0.3, -0.25) is 4.98 Å². The van der Waals surface area contributed by atoms with E-state index < -0.39 is 0 Å². The minimum atomic E-state index is 1.02. The van der Waals surface area contributed by atoms with Crippen molar-refractivity contribution >= 4 is 38.5 Å². The molecule has 2 aromatic carbocycles. The highest BCUT2D eigenvalue weighted by molar-refractivity contribution is 6.12. The zero-order valence-corrected chi connectivity index (χ0v) is 16.4. The zero-order valence-electron chi connectivity index (χ0n) is 16.4. The Balaban J connectivity index is 2.26. The van der Waals surface area contributed by atoms with Gasteiger partial charge in [0.2, 0.25) is 0 Å². The average Bonchev–Trinajstić information content (AvgIpc) is 3.00. The predicted molar refractivity (Wildman–Crippen MR) is 112 cm³/mol. The Morgan fingerprint density at radius 3 is 2.59 bits per heavy atom. The van der Waals surface area contributed by atoms with Crippen molar-refractivity contribution in [2.24, 2.45) is 7.05 Å². The van der Waals surface area contributed by atoms with Gasteiger partial charge in [-0.15, -0.1) is 0 Å². The quantitative estimate of drug-likeness (QED) is 0.321. The third kappa shape index (κ3) is 2.03. The molecule has 0 spiro atoms. The fourth-order valence-corrected chi connectivity index (χ4v) is 4.72. The molecule has 0 N–H and O–H groups in total. The summed E-state index contributed by atoms with van der Waals surface area (Å²) in [5.74, 6) is 0. The molecule has 0 fully saturated rings. The highest BCUT2D eigenvalue weighted by atomic mass is 15.1. The molecule has 3 nitrogen and oxygen atoms in total. The molecule has 3 heteroatoms. The average molecular weight is 354 g/mol. The highest BCUT2D eigenvalue weighted by Crippen LogP contribution is 2.34. The number of imidazole rings is 1. The lowest BCUT2D eigenvalue weighted by molar-refractivity contribution is -0.617. The minimum absolute atomic E-state index is 1.02. The third-order valence-electron chi connectivity index (χ3n) is 5.99. The summed E-state index contributed by atoms with van der Waals surface area (Å²) in [4.78, 5) is 4.84. The van der Waals surface area contributed by atoms with Crippen LogP contribution in [-0.2, 0) is 19.9 Å². The van der Waals surface area contributed by atoms with Gasteiger partial charge >= 0.3 is 0 Å². The molecule has 0 aliphatic rings. The molecular weight excluding hydrogens is 330 g/mol. The molecule has 3 aromatic heterocycles. The number of nitrogens with zero attached hydrogens (tertiary/aromatic N) is 3. The summed E-state index contributed by atoms with van der Waals surface area (Å²) in [7, 11) is 2.17. The number of fused-ring (bicyclic) bond motifs is 8. The largest absolute Gasteiger partial charge is 0.297 e. The maximum absolute atomic E-state index is 4.84. The van der Waals surface area contributed by atoms with Gasteiger partial charge in [-0.2, -0.15) is 4.40 Å². The van der Waals surface area contributed by atoms with E-state index in [1.165, 1.54) is 49.7 Å². The number of aryl methyl sites for hydroxylation is 4. The van der Waals surface area contributed by atoms with Crippen LogP contribution in [0, 0.1) is 6.92 Å². The van der Waals surface area contributed by atoms with Gasteiger partial charge < -0.3 is 0 Å². The van der Waals surface area contributed by atoms with Crippen LogP contribution in [-0.4, -0.2) is 9.38 Å². The molecule has 0 bridgehead atoms. The summed E-state index contributed by atoms with van der Waals surface area (Å²) in [6, 6.07) is 15.4. The Morgan fingerprint density at radius 1 is 1.00 bits per heavy atom. The molecule has 0 aliphatic heterocycles. The molecule has 0 unspecified atom stereocenters. The van der Waals surface area contributed by atoms with E-state index in [1.54, 1.807) is 0 Å². The van der Waals surface area contributed by atoms with Crippen LogP contribution in [0.3, 0.4) is 0 Å². The van der Waals surface area contributed by atoms with E-state index in [4.69, 9.17) is 4.98 Å². The molecule has 0 saturated carbocycles. The first-order valence-electron chi connectivity index (χ1n) is 9.78. The SMILES string of the molecule is CCc1ccc2c3nccc(C)c3c3n(c4ccccc4[n+]3C)c2c1CC. The molecule has 3 heterocycles. The van der Waals surface area contributed by atoms with Crippen LogP contribution in [0.1, 0.15) is 30.5 Å². The molecule has 0 saturated heterocycles. The van der Waals surface area contributed by atoms with Gasteiger partial charge in [-0.25, -0.2) is 4.57 Å². The van der Waals surface area contributed by atoms with Crippen molar-refractivity contribution in [3.05, 3.63) is 65.4 Å². The Kier molecular flexibility index (Phi) is 3.48. The van der Waals surface area contributed by atoms with Gasteiger partial charge in [0.25, 0.3) is 5.65 Å². The number of pyridine rings is 2. The fourth-order valence-electron chi connectivity index (χ4n) is 4.72. The maximum atomic E-state index is 4.84. The first kappa shape index (κ1) is 16.2. The fraction of sp³-hybridized carbons (Fsp3) is 0.250. The minimum Gasteiger partial charge on any atom is -0.255 e. The third-order valence-corrected chi connectivity index (χ3v) is 5.99. The van der Waals surface area contributed by atoms with Crippen molar-refractivity contribution in [2.75, 3.05) is 0 Å². The van der Waals surface area contributed by atoms with Crippen LogP contribution in [0.25, 0.3) is 38.5 Å². The number of hydrogen-bond acceptors (Lipinski definition) is 1. The normalized spacial score (nSPS) is 12.0. The van der Waals surface area contributed by atoms with Crippen LogP contribution in [0.2, 0.25) is 0 Å². The number of benzene rings is 2. The first-order chi connectivity index (χ1) is 13.2. The molecule has 0 aliphatic carbocycles. The topological polar surface area (TPSA) is 21.2 Å². The molecule has 0 atom stereocenters. The van der Waals surface area contributed by atoms with Gasteiger partial charge in [-0.1, -0.05) is 32.0 Å². The van der Waals surface area contributed by atoms with Crippen LogP contribution in [0.5, 0.6) is 0 Å². The lowest BCUT2D eigenvalue weighted by Crippen LogP contribution is -2.27. The van der Waals surface area contributed by atoms with Crippen LogP contribution in [0.4, 0.5) is 0 Å². The van der Waals surface area contributed by atoms with Crippen molar-refractivity contribution < 1.29 is 4.57 Å². The monoisotopic (exact) mass is 354 g/mol. The van der Waals surface area contributed by atoms with Crippen molar-refractivity contribution in [1.29, 1.82) is 0 Å². The van der Waals surface area contributed by atoms with Gasteiger partial charge in [0.1, 0.15) is 5.52 Å². The Labute approximate surface area is 158 Å². The number of para-hydroxylation sites is 2. The lowest BCUT2D eigenvalue weighted by atomic mass is 9.97. The second-order valence-electron chi connectivity index (χ2n) is 7.36. The summed E-state index contributed by atoms with van der Waals surface area (Å²) in [5.41, 5.74) is 10.3.